The fraction of sp³-hybridized carbons (Fsp3) is 0.300. The van der Waals surface area contributed by atoms with Gasteiger partial charge in [0.1, 0.15) is 0 Å². The Bertz CT molecular complexity index is 415. The first-order valence-electron chi connectivity index (χ1n) is 4.29. The largest absolute Gasteiger partial charge is 0.481 e. The smallest absolute Gasteiger partial charge is 0.406 e. The van der Waals surface area contributed by atoms with Crippen molar-refractivity contribution >= 4 is 17.6 Å². The van der Waals surface area contributed by atoms with Gasteiger partial charge in [0.2, 0.25) is 0 Å². The van der Waals surface area contributed by atoms with Crippen LogP contribution in [0.25, 0.3) is 0 Å². The molecule has 0 aromatic heterocycles. The summed E-state index contributed by atoms with van der Waals surface area (Å²) in [6.07, 6.45) is -4.83. The van der Waals surface area contributed by atoms with Crippen molar-refractivity contribution in [3.8, 4) is 0 Å². The Morgan fingerprint density at radius 3 is 2.38 bits per heavy atom. The molecule has 0 aliphatic heterocycles. The van der Waals surface area contributed by atoms with Gasteiger partial charge in [0, 0.05) is 5.02 Å². The van der Waals surface area contributed by atoms with Crippen molar-refractivity contribution in [2.45, 2.75) is 19.0 Å². The number of benzene rings is 1. The third kappa shape index (κ3) is 2.66. The molecule has 0 radical (unpaired) electrons. The molecule has 1 aromatic carbocycles. The number of alkyl halides is 3. The zero-order valence-electron chi connectivity index (χ0n) is 8.18. The van der Waals surface area contributed by atoms with Crippen molar-refractivity contribution in [1.29, 1.82) is 0 Å². The highest BCUT2D eigenvalue weighted by molar-refractivity contribution is 6.31. The Hall–Kier alpha value is -1.23. The molecule has 0 bridgehead atoms. The molecule has 1 rings (SSSR count). The van der Waals surface area contributed by atoms with Gasteiger partial charge in [-0.05, 0) is 24.1 Å². The monoisotopic (exact) mass is 252 g/mol. The average molecular weight is 253 g/mol. The molecular weight excluding hydrogens is 245 g/mol. The number of carbonyl (C=O) groups is 1. The molecule has 6 heteroatoms. The van der Waals surface area contributed by atoms with E-state index in [2.05, 4.69) is 0 Å². The molecule has 0 saturated carbocycles. The third-order valence-electron chi connectivity index (χ3n) is 2.10. The van der Waals surface area contributed by atoms with Crippen LogP contribution in [0.5, 0.6) is 0 Å². The van der Waals surface area contributed by atoms with E-state index in [1.807, 2.05) is 0 Å². The Morgan fingerprint density at radius 1 is 1.44 bits per heavy atom. The maximum atomic E-state index is 12.5. The minimum atomic E-state index is -4.83. The molecular formula is C10H8ClF3O2. The second-order valence-corrected chi connectivity index (χ2v) is 3.73. The van der Waals surface area contributed by atoms with Gasteiger partial charge in [0.05, 0.1) is 0 Å². The predicted octanol–water partition coefficient (Wildman–Crippen LogP) is 3.38. The Balaban J connectivity index is 3.22. The lowest BCUT2D eigenvalue weighted by atomic mass is 9.98. The number of carboxylic acids is 1. The maximum Gasteiger partial charge on any atom is 0.406 e. The van der Waals surface area contributed by atoms with E-state index >= 15 is 0 Å². The van der Waals surface area contributed by atoms with E-state index in [9.17, 15) is 18.0 Å². The zero-order chi connectivity index (χ0) is 12.5. The normalized spacial score (nSPS) is 13.6. The first kappa shape index (κ1) is 12.8. The number of carboxylic acid groups (broad SMARTS) is 1. The predicted molar refractivity (Wildman–Crippen MR) is 52.6 cm³/mol. The number of hydrogen-bond acceptors (Lipinski definition) is 1. The number of halogens is 4. The highest BCUT2D eigenvalue weighted by Gasteiger charge is 2.46. The molecule has 0 amide bonds. The van der Waals surface area contributed by atoms with Gasteiger partial charge >= 0.3 is 12.1 Å². The van der Waals surface area contributed by atoms with Gasteiger partial charge in [-0.25, -0.2) is 0 Å². The van der Waals surface area contributed by atoms with Crippen LogP contribution in [0.4, 0.5) is 13.2 Å². The third-order valence-corrected chi connectivity index (χ3v) is 2.51. The second-order valence-electron chi connectivity index (χ2n) is 3.32. The minimum absolute atomic E-state index is 0.119. The van der Waals surface area contributed by atoms with Crippen LogP contribution in [0, 0.1) is 6.92 Å². The maximum absolute atomic E-state index is 12.5. The topological polar surface area (TPSA) is 37.3 Å². The van der Waals surface area contributed by atoms with Crippen LogP contribution in [-0.2, 0) is 4.79 Å². The summed E-state index contributed by atoms with van der Waals surface area (Å²) in [4.78, 5) is 10.6. The van der Waals surface area contributed by atoms with E-state index in [4.69, 9.17) is 16.7 Å². The molecule has 0 spiro atoms. The molecule has 2 nitrogen and oxygen atoms in total. The molecule has 16 heavy (non-hydrogen) atoms. The molecule has 0 heterocycles. The Kier molecular flexibility index (Phi) is 3.48. The quantitative estimate of drug-likeness (QED) is 0.876. The zero-order valence-corrected chi connectivity index (χ0v) is 8.93. The summed E-state index contributed by atoms with van der Waals surface area (Å²) in [7, 11) is 0. The summed E-state index contributed by atoms with van der Waals surface area (Å²) in [5, 5.41) is 8.68. The number of aryl methyl sites for hydroxylation is 1. The van der Waals surface area contributed by atoms with Crippen LogP contribution in [0.15, 0.2) is 18.2 Å². The number of rotatable bonds is 2. The van der Waals surface area contributed by atoms with Gasteiger partial charge in [-0.1, -0.05) is 23.7 Å². The van der Waals surface area contributed by atoms with E-state index in [-0.39, 0.29) is 10.6 Å². The second kappa shape index (κ2) is 4.33. The molecule has 0 fully saturated rings. The first-order chi connectivity index (χ1) is 7.23. The van der Waals surface area contributed by atoms with Crippen LogP contribution >= 0.6 is 11.6 Å². The van der Waals surface area contributed by atoms with Crippen molar-refractivity contribution in [2.24, 2.45) is 0 Å². The van der Waals surface area contributed by atoms with Crippen molar-refractivity contribution in [3.05, 3.63) is 34.3 Å². The van der Waals surface area contributed by atoms with Crippen molar-refractivity contribution in [1.82, 2.24) is 0 Å². The molecule has 1 aromatic rings. The summed E-state index contributed by atoms with van der Waals surface area (Å²) in [6, 6.07) is 3.51. The molecule has 0 saturated heterocycles. The minimum Gasteiger partial charge on any atom is -0.481 e. The van der Waals surface area contributed by atoms with E-state index in [0.29, 0.717) is 5.56 Å². The SMILES string of the molecule is Cc1ccc(C(C(=O)O)C(F)(F)F)cc1Cl. The highest BCUT2D eigenvalue weighted by Crippen LogP contribution is 2.36. The summed E-state index contributed by atoms with van der Waals surface area (Å²) in [5.74, 6) is -4.47. The summed E-state index contributed by atoms with van der Waals surface area (Å²) in [6.45, 7) is 1.62. The van der Waals surface area contributed by atoms with Crippen LogP contribution < -0.4 is 0 Å². The lowest BCUT2D eigenvalue weighted by molar-refractivity contribution is -0.176. The van der Waals surface area contributed by atoms with Crippen molar-refractivity contribution in [3.63, 3.8) is 0 Å². The Morgan fingerprint density at radius 2 is 2.00 bits per heavy atom. The molecule has 0 aliphatic rings. The van der Waals surface area contributed by atoms with Crippen molar-refractivity contribution < 1.29 is 23.1 Å². The fourth-order valence-electron chi connectivity index (χ4n) is 1.26. The standard InChI is InChI=1S/C10H8ClF3O2/c1-5-2-3-6(4-7(5)11)8(9(15)16)10(12,13)14/h2-4,8H,1H3,(H,15,16). The van der Waals surface area contributed by atoms with Gasteiger partial charge in [-0.2, -0.15) is 13.2 Å². The molecule has 1 unspecified atom stereocenters. The van der Waals surface area contributed by atoms with Crippen LogP contribution in [0.2, 0.25) is 5.02 Å². The van der Waals surface area contributed by atoms with Crippen LogP contribution in [0.3, 0.4) is 0 Å². The summed E-state index contributed by atoms with van der Waals surface area (Å²) < 4.78 is 37.4. The van der Waals surface area contributed by atoms with Gasteiger partial charge in [0.25, 0.3) is 0 Å². The van der Waals surface area contributed by atoms with E-state index in [0.717, 1.165) is 12.1 Å². The van der Waals surface area contributed by atoms with E-state index in [1.54, 1.807) is 6.92 Å². The number of aliphatic carboxylic acids is 1. The van der Waals surface area contributed by atoms with Gasteiger partial charge in [-0.15, -0.1) is 0 Å². The van der Waals surface area contributed by atoms with Crippen molar-refractivity contribution in [2.75, 3.05) is 0 Å². The summed E-state index contributed by atoms with van der Waals surface area (Å²) >= 11 is 5.65. The lowest BCUT2D eigenvalue weighted by Gasteiger charge is -2.16. The molecule has 0 aliphatic carbocycles. The number of hydrogen-bond donors (Lipinski definition) is 1. The van der Waals surface area contributed by atoms with Gasteiger partial charge in [-0.3, -0.25) is 4.79 Å². The first-order valence-corrected chi connectivity index (χ1v) is 4.67. The van der Waals surface area contributed by atoms with Crippen LogP contribution in [-0.4, -0.2) is 17.3 Å². The fourth-order valence-corrected chi connectivity index (χ4v) is 1.45. The van der Waals surface area contributed by atoms with Crippen LogP contribution in [0.1, 0.15) is 17.0 Å². The lowest BCUT2D eigenvalue weighted by Crippen LogP contribution is -2.28. The molecule has 1 atom stereocenters. The Labute approximate surface area is 94.6 Å². The molecule has 1 N–H and O–H groups in total. The van der Waals surface area contributed by atoms with Gasteiger partial charge in [0.15, 0.2) is 5.92 Å². The summed E-state index contributed by atoms with van der Waals surface area (Å²) in [5.41, 5.74) is 0.229. The van der Waals surface area contributed by atoms with Gasteiger partial charge < -0.3 is 5.11 Å². The molecule has 88 valence electrons. The van der Waals surface area contributed by atoms with E-state index < -0.39 is 18.1 Å². The van der Waals surface area contributed by atoms with E-state index in [1.165, 1.54) is 6.07 Å². The average Bonchev–Trinajstić information content (AvgIpc) is 2.08. The highest BCUT2D eigenvalue weighted by atomic mass is 35.5.